The van der Waals surface area contributed by atoms with Crippen molar-refractivity contribution in [2.75, 3.05) is 50.9 Å². The first-order valence-corrected chi connectivity index (χ1v) is 18.7. The second-order valence-corrected chi connectivity index (χ2v) is 15.0. The maximum Gasteiger partial charge on any atom is 0.226 e. The molecule has 0 saturated carbocycles. The van der Waals surface area contributed by atoms with E-state index in [1.165, 1.54) is 0 Å². The summed E-state index contributed by atoms with van der Waals surface area (Å²) in [6.45, 7) is 9.09. The van der Waals surface area contributed by atoms with Crippen LogP contribution in [0.5, 0.6) is 0 Å². The lowest BCUT2D eigenvalue weighted by Crippen LogP contribution is -2.31. The van der Waals surface area contributed by atoms with Crippen molar-refractivity contribution >= 4 is 50.7 Å². The predicted octanol–water partition coefficient (Wildman–Crippen LogP) is 6.82. The topological polar surface area (TPSA) is 123 Å². The number of carbonyl (C=O) groups excluding carboxylic acids is 1. The first kappa shape index (κ1) is 35.5. The molecule has 0 unspecified atom stereocenters. The highest BCUT2D eigenvalue weighted by Gasteiger charge is 2.29. The molecule has 4 aromatic heterocycles. The number of fused-ring (bicyclic) bond motifs is 2. The number of aromatic nitrogens is 4. The number of hydrogen-bond donors (Lipinski definition) is 3. The Kier molecular flexibility index (Phi) is 9.93. The molecular weight excluding hydrogens is 675 g/mol. The molecule has 2 saturated heterocycles. The first-order chi connectivity index (χ1) is 26.2. The van der Waals surface area contributed by atoms with Crippen molar-refractivity contribution in [3.05, 3.63) is 108 Å². The summed E-state index contributed by atoms with van der Waals surface area (Å²) in [6.07, 6.45) is 8.97. The molecule has 2 atom stereocenters. The van der Waals surface area contributed by atoms with Gasteiger partial charge in [0.05, 0.1) is 12.0 Å². The number of β-amino-alcohol motifs (C(OH)–C–C–N with tert-alkyl or cyclic N) is 1. The molecule has 2 fully saturated rings. The zero-order chi connectivity index (χ0) is 37.3. The quantitative estimate of drug-likeness (QED) is 0.139. The Morgan fingerprint density at radius 1 is 0.741 bits per heavy atom. The molecule has 2 aliphatic heterocycles. The van der Waals surface area contributed by atoms with Crippen LogP contribution in [-0.2, 0) is 17.9 Å². The molecule has 3 N–H and O–H groups in total. The van der Waals surface area contributed by atoms with Crippen LogP contribution in [0.2, 0.25) is 0 Å². The number of hydrogen-bond acceptors (Lipinski definition) is 10. The fourth-order valence-corrected chi connectivity index (χ4v) is 7.96. The van der Waals surface area contributed by atoms with Crippen molar-refractivity contribution in [3.63, 3.8) is 0 Å². The molecule has 54 heavy (non-hydrogen) atoms. The summed E-state index contributed by atoms with van der Waals surface area (Å²) >= 11 is 0. The van der Waals surface area contributed by atoms with Crippen molar-refractivity contribution in [2.24, 2.45) is 5.92 Å². The largest absolute Gasteiger partial charge is 0.392 e. The second kappa shape index (κ2) is 15.1. The highest BCUT2D eigenvalue weighted by Crippen LogP contribution is 2.36. The molecular formula is C43H47N9O2. The summed E-state index contributed by atoms with van der Waals surface area (Å²) in [7, 11) is 3.66. The summed E-state index contributed by atoms with van der Waals surface area (Å²) in [5.41, 5.74) is 10.3. The van der Waals surface area contributed by atoms with E-state index < -0.39 is 0 Å². The number of nitrogens with zero attached hydrogens (tertiary/aromatic N) is 7. The van der Waals surface area contributed by atoms with Gasteiger partial charge in [0.2, 0.25) is 5.91 Å². The second-order valence-electron chi connectivity index (χ2n) is 15.0. The molecule has 11 nitrogen and oxygen atoms in total. The number of likely N-dealkylation sites (tertiary alicyclic amines) is 2. The lowest BCUT2D eigenvalue weighted by Gasteiger charge is -2.19. The van der Waals surface area contributed by atoms with Crippen LogP contribution in [0.3, 0.4) is 0 Å². The molecule has 6 aromatic rings. The van der Waals surface area contributed by atoms with Gasteiger partial charge in [0.1, 0.15) is 11.0 Å². The van der Waals surface area contributed by atoms with Crippen LogP contribution in [0.4, 0.5) is 23.0 Å². The smallest absolute Gasteiger partial charge is 0.226 e. The molecule has 1 amide bonds. The third-order valence-electron chi connectivity index (χ3n) is 10.9. The van der Waals surface area contributed by atoms with E-state index in [2.05, 4.69) is 87.8 Å². The van der Waals surface area contributed by atoms with Crippen molar-refractivity contribution < 1.29 is 9.90 Å². The highest BCUT2D eigenvalue weighted by atomic mass is 16.3. The fourth-order valence-electron chi connectivity index (χ4n) is 7.96. The number of nitrogens with one attached hydrogen (secondary N) is 2. The number of aliphatic hydroxyl groups excluding tert-OH is 1. The van der Waals surface area contributed by atoms with E-state index in [1.807, 2.05) is 51.0 Å². The van der Waals surface area contributed by atoms with Crippen LogP contribution in [0.25, 0.3) is 32.9 Å². The minimum atomic E-state index is -0.240. The Labute approximate surface area is 316 Å². The van der Waals surface area contributed by atoms with Crippen LogP contribution >= 0.6 is 0 Å². The molecule has 8 rings (SSSR count). The van der Waals surface area contributed by atoms with Gasteiger partial charge in [0.15, 0.2) is 11.6 Å². The summed E-state index contributed by atoms with van der Waals surface area (Å²) in [4.78, 5) is 37.9. The molecule has 2 aliphatic rings. The van der Waals surface area contributed by atoms with E-state index in [0.29, 0.717) is 18.2 Å². The van der Waals surface area contributed by atoms with E-state index in [1.54, 1.807) is 4.90 Å². The number of amides is 1. The number of aliphatic hydroxyl groups is 1. The van der Waals surface area contributed by atoms with Gasteiger partial charge in [0, 0.05) is 93.8 Å². The number of anilines is 4. The number of pyridine rings is 4. The van der Waals surface area contributed by atoms with Gasteiger partial charge in [-0.25, -0.2) is 9.97 Å². The third-order valence-corrected chi connectivity index (χ3v) is 10.9. The third kappa shape index (κ3) is 7.35. The molecule has 6 heterocycles. The zero-order valence-corrected chi connectivity index (χ0v) is 31.4. The Morgan fingerprint density at radius 2 is 1.26 bits per heavy atom. The Bertz CT molecular complexity index is 2340. The molecule has 2 aromatic carbocycles. The van der Waals surface area contributed by atoms with Crippen molar-refractivity contribution in [2.45, 2.75) is 45.9 Å². The minimum absolute atomic E-state index is 0.0601. The van der Waals surface area contributed by atoms with E-state index in [0.717, 1.165) is 112 Å². The number of benzene rings is 2. The van der Waals surface area contributed by atoms with Gasteiger partial charge in [-0.2, -0.15) is 0 Å². The highest BCUT2D eigenvalue weighted by molar-refractivity contribution is 5.93. The summed E-state index contributed by atoms with van der Waals surface area (Å²) in [6, 6.07) is 21.0. The van der Waals surface area contributed by atoms with Crippen LogP contribution in [0.15, 0.2) is 85.5 Å². The fraction of sp³-hybridized carbons (Fsp3) is 0.326. The van der Waals surface area contributed by atoms with Gasteiger partial charge in [-0.15, -0.1) is 0 Å². The maximum absolute atomic E-state index is 12.5. The molecule has 11 heteroatoms. The van der Waals surface area contributed by atoms with Crippen molar-refractivity contribution in [1.82, 2.24) is 34.6 Å². The molecule has 0 spiro atoms. The van der Waals surface area contributed by atoms with E-state index >= 15 is 0 Å². The lowest BCUT2D eigenvalue weighted by molar-refractivity contribution is -0.132. The van der Waals surface area contributed by atoms with Gasteiger partial charge in [-0.3, -0.25) is 24.6 Å². The zero-order valence-electron chi connectivity index (χ0n) is 31.4. The Morgan fingerprint density at radius 3 is 1.76 bits per heavy atom. The first-order valence-electron chi connectivity index (χ1n) is 18.7. The van der Waals surface area contributed by atoms with Crippen molar-refractivity contribution in [3.8, 4) is 11.1 Å². The van der Waals surface area contributed by atoms with Gasteiger partial charge < -0.3 is 20.6 Å². The molecule has 276 valence electrons. The summed E-state index contributed by atoms with van der Waals surface area (Å²) in [5.74, 6) is 1.69. The standard InChI is InChI=1S/C43H47N9O2/c1-27-35(36-8-6-10-38(28(36)2)49-42-40-32(12-16-45-42)20-30(22-47-40)24-52-18-14-34(53)26-52)7-5-9-37(27)48-41-39-31(11-15-44-41)19-29(21-46-39)23-51-17-13-33(25-51)43(54)50(3)4/h5-12,15-16,19-22,33-34,53H,13-14,17-18,23-26H2,1-4H3,(H,44,48)(H,45,49)/t33-,34-/m1/s1. The number of carbonyl (C=O) groups is 1. The monoisotopic (exact) mass is 721 g/mol. The van der Waals surface area contributed by atoms with E-state index in [4.69, 9.17) is 15.0 Å². The van der Waals surface area contributed by atoms with E-state index in [-0.39, 0.29) is 17.9 Å². The average molecular weight is 722 g/mol. The number of rotatable bonds is 10. The maximum atomic E-state index is 12.5. The van der Waals surface area contributed by atoms with Crippen LogP contribution < -0.4 is 10.6 Å². The molecule has 0 radical (unpaired) electrons. The molecule has 0 aliphatic carbocycles. The summed E-state index contributed by atoms with van der Waals surface area (Å²) in [5, 5.41) is 19.2. The Hall–Kier alpha value is -5.49. The van der Waals surface area contributed by atoms with Gasteiger partial charge in [-0.05, 0) is 103 Å². The Balaban J connectivity index is 1.00. The van der Waals surface area contributed by atoms with Crippen molar-refractivity contribution in [1.29, 1.82) is 0 Å². The normalized spacial score (nSPS) is 17.7. The van der Waals surface area contributed by atoms with Gasteiger partial charge in [-0.1, -0.05) is 24.3 Å². The van der Waals surface area contributed by atoms with E-state index in [9.17, 15) is 9.90 Å². The summed E-state index contributed by atoms with van der Waals surface area (Å²) < 4.78 is 0. The molecule has 0 bridgehead atoms. The van der Waals surface area contributed by atoms with Crippen LogP contribution in [0.1, 0.15) is 35.1 Å². The average Bonchev–Trinajstić information content (AvgIpc) is 3.81. The van der Waals surface area contributed by atoms with Gasteiger partial charge >= 0.3 is 0 Å². The van der Waals surface area contributed by atoms with Crippen LogP contribution in [0, 0.1) is 19.8 Å². The lowest BCUT2D eigenvalue weighted by atomic mass is 9.94. The van der Waals surface area contributed by atoms with Gasteiger partial charge in [0.25, 0.3) is 0 Å². The predicted molar refractivity (Wildman–Crippen MR) is 215 cm³/mol. The van der Waals surface area contributed by atoms with Crippen LogP contribution in [-0.4, -0.2) is 92.0 Å². The SMILES string of the molecule is Cc1c(Nc2nccc3cc(CN4CC[C@@H](O)C4)cnc23)cccc1-c1cccc(Nc2nccc3cc(CN4CC[C@@H](C(=O)N(C)C)C4)cnc23)c1C. The minimum Gasteiger partial charge on any atom is -0.392 e.